The van der Waals surface area contributed by atoms with Crippen LogP contribution >= 0.6 is 0 Å². The molecule has 0 N–H and O–H groups in total. The molecule has 0 aromatic heterocycles. The molecular formula is C25H33FO2. The van der Waals surface area contributed by atoms with Crippen molar-refractivity contribution in [1.82, 2.24) is 0 Å². The molecule has 2 rings (SSSR count). The summed E-state index contributed by atoms with van der Waals surface area (Å²) in [6.45, 7) is 12.6. The first-order valence-corrected chi connectivity index (χ1v) is 10.1. The highest BCUT2D eigenvalue weighted by molar-refractivity contribution is 5.81. The Balaban J connectivity index is 2.31. The zero-order valence-electron chi connectivity index (χ0n) is 18.0. The lowest BCUT2D eigenvalue weighted by Gasteiger charge is -2.22. The predicted octanol–water partition coefficient (Wildman–Crippen LogP) is 7.38. The summed E-state index contributed by atoms with van der Waals surface area (Å²) in [4.78, 5) is 0. The van der Waals surface area contributed by atoms with Gasteiger partial charge in [0, 0.05) is 12.8 Å². The number of halogens is 1. The van der Waals surface area contributed by atoms with Gasteiger partial charge in [0.05, 0.1) is 19.5 Å². The van der Waals surface area contributed by atoms with Crippen molar-refractivity contribution in [2.75, 3.05) is 13.7 Å². The van der Waals surface area contributed by atoms with E-state index in [1.54, 1.807) is 13.2 Å². The first kappa shape index (κ1) is 22.0. The smallest absolute Gasteiger partial charge is 0.122 e. The third-order valence-corrected chi connectivity index (χ3v) is 5.11. The van der Waals surface area contributed by atoms with Crippen molar-refractivity contribution < 1.29 is 13.9 Å². The van der Waals surface area contributed by atoms with E-state index in [2.05, 4.69) is 6.58 Å². The van der Waals surface area contributed by atoms with Gasteiger partial charge in [-0.3, -0.25) is 0 Å². The number of aryl methyl sites for hydroxylation is 1. The van der Waals surface area contributed by atoms with E-state index in [-0.39, 0.29) is 5.83 Å². The lowest BCUT2D eigenvalue weighted by molar-refractivity contribution is 0.207. The van der Waals surface area contributed by atoms with Gasteiger partial charge in [-0.15, -0.1) is 0 Å². The Morgan fingerprint density at radius 2 is 1.89 bits per heavy atom. The van der Waals surface area contributed by atoms with Crippen LogP contribution in [0.4, 0.5) is 4.39 Å². The number of rotatable bonds is 9. The molecule has 28 heavy (non-hydrogen) atoms. The van der Waals surface area contributed by atoms with E-state index < -0.39 is 0 Å². The minimum atomic E-state index is -0.147. The Morgan fingerprint density at radius 3 is 2.43 bits per heavy atom. The summed E-state index contributed by atoms with van der Waals surface area (Å²) in [7, 11) is 1.66. The molecule has 1 aliphatic rings. The summed E-state index contributed by atoms with van der Waals surface area (Å²) in [5, 5.41) is 0. The standard InChI is InChI=1S/C25H33FO2/c1-7-28-24(20-9-8-10-20)14-12-22(26)16-21(15-17(2)3)25-18(4)11-13-23(27-6)19(25)5/h11,13,15-16H,2,7-10,12,14H2,1,3-6H3/b21-15+,22-16-. The number of benzene rings is 1. The van der Waals surface area contributed by atoms with Crippen LogP contribution in [-0.2, 0) is 4.74 Å². The topological polar surface area (TPSA) is 18.5 Å². The highest BCUT2D eigenvalue weighted by Crippen LogP contribution is 2.34. The SMILES string of the molecule is C=C(C)/C=C(\C=C(/F)CCC(OCC)=C1CCC1)c1c(C)ccc(OC)c1C. The fourth-order valence-electron chi connectivity index (χ4n) is 3.58. The fourth-order valence-corrected chi connectivity index (χ4v) is 3.58. The van der Waals surface area contributed by atoms with Gasteiger partial charge in [0.15, 0.2) is 0 Å². The summed E-state index contributed by atoms with van der Waals surface area (Å²) in [6, 6.07) is 3.96. The van der Waals surface area contributed by atoms with E-state index in [1.807, 2.05) is 45.9 Å². The molecule has 0 radical (unpaired) electrons. The molecule has 0 amide bonds. The Bertz CT molecular complexity index is 806. The van der Waals surface area contributed by atoms with Crippen LogP contribution < -0.4 is 4.74 Å². The van der Waals surface area contributed by atoms with Crippen LogP contribution in [-0.4, -0.2) is 13.7 Å². The van der Waals surface area contributed by atoms with Crippen molar-refractivity contribution >= 4 is 5.57 Å². The molecule has 0 saturated heterocycles. The van der Waals surface area contributed by atoms with Gasteiger partial charge in [-0.05, 0) is 86.9 Å². The molecule has 0 aliphatic heterocycles. The Labute approximate surface area is 169 Å². The van der Waals surface area contributed by atoms with Gasteiger partial charge in [0.2, 0.25) is 0 Å². The van der Waals surface area contributed by atoms with Gasteiger partial charge in [-0.1, -0.05) is 24.3 Å². The van der Waals surface area contributed by atoms with E-state index in [9.17, 15) is 4.39 Å². The summed E-state index contributed by atoms with van der Waals surface area (Å²) >= 11 is 0. The van der Waals surface area contributed by atoms with Gasteiger partial charge in [0.25, 0.3) is 0 Å². The van der Waals surface area contributed by atoms with Crippen LogP contribution in [0.3, 0.4) is 0 Å². The van der Waals surface area contributed by atoms with Crippen LogP contribution in [0.1, 0.15) is 62.6 Å². The van der Waals surface area contributed by atoms with Crippen molar-refractivity contribution in [3.63, 3.8) is 0 Å². The number of allylic oxidation sites excluding steroid dienone is 7. The number of hydrogen-bond acceptors (Lipinski definition) is 2. The quantitative estimate of drug-likeness (QED) is 0.327. The molecular weight excluding hydrogens is 351 g/mol. The highest BCUT2D eigenvalue weighted by atomic mass is 19.1. The van der Waals surface area contributed by atoms with Crippen molar-refractivity contribution in [3.05, 3.63) is 70.3 Å². The zero-order chi connectivity index (χ0) is 20.7. The second-order valence-corrected chi connectivity index (χ2v) is 7.44. The van der Waals surface area contributed by atoms with Gasteiger partial charge in [0.1, 0.15) is 11.6 Å². The van der Waals surface area contributed by atoms with Crippen molar-refractivity contribution in [3.8, 4) is 5.75 Å². The third-order valence-electron chi connectivity index (χ3n) is 5.11. The normalized spacial score (nSPS) is 14.6. The van der Waals surface area contributed by atoms with Gasteiger partial charge in [-0.25, -0.2) is 4.39 Å². The van der Waals surface area contributed by atoms with E-state index in [0.717, 1.165) is 52.2 Å². The number of ether oxygens (including phenoxy) is 2. The molecule has 0 bridgehead atoms. The van der Waals surface area contributed by atoms with E-state index in [0.29, 0.717) is 19.4 Å². The van der Waals surface area contributed by atoms with Crippen molar-refractivity contribution in [2.45, 2.75) is 59.8 Å². The summed E-state index contributed by atoms with van der Waals surface area (Å²) in [5.74, 6) is 1.64. The van der Waals surface area contributed by atoms with Gasteiger partial charge in [-0.2, -0.15) is 0 Å². The molecule has 2 nitrogen and oxygen atoms in total. The molecule has 1 aliphatic carbocycles. The molecule has 1 aromatic carbocycles. The number of methoxy groups -OCH3 is 1. The maximum atomic E-state index is 14.9. The van der Waals surface area contributed by atoms with E-state index in [4.69, 9.17) is 9.47 Å². The first-order valence-electron chi connectivity index (χ1n) is 10.1. The molecule has 152 valence electrons. The van der Waals surface area contributed by atoms with E-state index in [1.165, 1.54) is 12.0 Å². The molecule has 1 saturated carbocycles. The average Bonchev–Trinajstić information content (AvgIpc) is 2.58. The minimum absolute atomic E-state index is 0.147. The summed E-state index contributed by atoms with van der Waals surface area (Å²) in [6.07, 6.45) is 7.91. The number of hydrogen-bond donors (Lipinski definition) is 0. The minimum Gasteiger partial charge on any atom is -0.498 e. The summed E-state index contributed by atoms with van der Waals surface area (Å²) < 4.78 is 26.1. The monoisotopic (exact) mass is 384 g/mol. The lowest BCUT2D eigenvalue weighted by atomic mass is 9.90. The first-order chi connectivity index (χ1) is 13.4. The van der Waals surface area contributed by atoms with Gasteiger partial charge < -0.3 is 9.47 Å². The molecule has 0 atom stereocenters. The Hall–Kier alpha value is -2.29. The summed E-state index contributed by atoms with van der Waals surface area (Å²) in [5.41, 5.74) is 6.15. The molecule has 3 heteroatoms. The van der Waals surface area contributed by atoms with Crippen LogP contribution in [0.15, 0.2) is 53.6 Å². The third kappa shape index (κ3) is 5.60. The predicted molar refractivity (Wildman–Crippen MR) is 116 cm³/mol. The van der Waals surface area contributed by atoms with Crippen LogP contribution in [0.2, 0.25) is 0 Å². The largest absolute Gasteiger partial charge is 0.498 e. The molecule has 1 fully saturated rings. The average molecular weight is 385 g/mol. The zero-order valence-corrected chi connectivity index (χ0v) is 18.0. The Morgan fingerprint density at radius 1 is 1.18 bits per heavy atom. The van der Waals surface area contributed by atoms with Crippen LogP contribution in [0, 0.1) is 13.8 Å². The maximum Gasteiger partial charge on any atom is 0.122 e. The highest BCUT2D eigenvalue weighted by Gasteiger charge is 2.17. The van der Waals surface area contributed by atoms with Crippen molar-refractivity contribution in [2.24, 2.45) is 0 Å². The molecule has 0 unspecified atom stereocenters. The maximum absolute atomic E-state index is 14.9. The second-order valence-electron chi connectivity index (χ2n) is 7.44. The Kier molecular flexibility index (Phi) is 8.10. The fraction of sp³-hybridized carbons (Fsp3) is 0.440. The van der Waals surface area contributed by atoms with Crippen LogP contribution in [0.25, 0.3) is 5.57 Å². The molecule has 1 aromatic rings. The van der Waals surface area contributed by atoms with Crippen molar-refractivity contribution in [1.29, 1.82) is 0 Å². The lowest BCUT2D eigenvalue weighted by Crippen LogP contribution is -2.05. The van der Waals surface area contributed by atoms with E-state index >= 15 is 0 Å². The van der Waals surface area contributed by atoms with Gasteiger partial charge >= 0.3 is 0 Å². The molecule has 0 heterocycles. The van der Waals surface area contributed by atoms with Crippen LogP contribution in [0.5, 0.6) is 5.75 Å². The molecule has 0 spiro atoms. The second kappa shape index (κ2) is 10.3.